The minimum absolute atomic E-state index is 0.294. The highest BCUT2D eigenvalue weighted by Crippen LogP contribution is 2.37. The lowest BCUT2D eigenvalue weighted by Gasteiger charge is -2.33. The van der Waals surface area contributed by atoms with Crippen LogP contribution in [0.25, 0.3) is 0 Å². The van der Waals surface area contributed by atoms with Crippen LogP contribution in [0.1, 0.15) is 36.0 Å². The lowest BCUT2D eigenvalue weighted by Crippen LogP contribution is -2.28. The predicted octanol–water partition coefficient (Wildman–Crippen LogP) is 4.13. The summed E-state index contributed by atoms with van der Waals surface area (Å²) >= 11 is 0. The Morgan fingerprint density at radius 1 is 1.00 bits per heavy atom. The molecule has 0 spiro atoms. The minimum Gasteiger partial charge on any atom is -0.373 e. The molecule has 0 radical (unpaired) electrons. The van der Waals surface area contributed by atoms with Crippen LogP contribution in [0.2, 0.25) is 0 Å². The molecule has 0 aromatic heterocycles. The summed E-state index contributed by atoms with van der Waals surface area (Å²) in [4.78, 5) is 0. The normalized spacial score (nSPS) is 22.5. The maximum Gasteiger partial charge on any atom is 0.0724 e. The van der Waals surface area contributed by atoms with E-state index in [1.807, 2.05) is 0 Å². The van der Waals surface area contributed by atoms with E-state index in [0.717, 1.165) is 13.0 Å². The van der Waals surface area contributed by atoms with Gasteiger partial charge in [-0.1, -0.05) is 61.5 Å². The zero-order valence-electron chi connectivity index (χ0n) is 10.7. The van der Waals surface area contributed by atoms with Crippen LogP contribution in [-0.4, -0.2) is 6.10 Å². The fraction of sp³-hybridized carbons (Fsp3) is 0.294. The van der Waals surface area contributed by atoms with Gasteiger partial charge in [0, 0.05) is 5.92 Å². The van der Waals surface area contributed by atoms with Crippen molar-refractivity contribution < 1.29 is 4.74 Å². The van der Waals surface area contributed by atoms with E-state index < -0.39 is 0 Å². The second kappa shape index (κ2) is 4.95. The van der Waals surface area contributed by atoms with Crippen LogP contribution in [0.4, 0.5) is 0 Å². The highest BCUT2D eigenvalue weighted by Gasteiger charge is 2.29. The van der Waals surface area contributed by atoms with Crippen molar-refractivity contribution in [2.75, 3.05) is 0 Å². The van der Waals surface area contributed by atoms with Gasteiger partial charge in [0.2, 0.25) is 0 Å². The van der Waals surface area contributed by atoms with E-state index in [2.05, 4.69) is 61.5 Å². The molecule has 0 saturated carbocycles. The van der Waals surface area contributed by atoms with Gasteiger partial charge in [-0.05, 0) is 23.1 Å². The zero-order valence-corrected chi connectivity index (χ0v) is 10.7. The molecule has 1 heterocycles. The van der Waals surface area contributed by atoms with Gasteiger partial charge in [-0.2, -0.15) is 0 Å². The highest BCUT2D eigenvalue weighted by atomic mass is 16.5. The van der Waals surface area contributed by atoms with E-state index in [9.17, 15) is 0 Å². The maximum absolute atomic E-state index is 6.02. The number of ether oxygens (including phenoxy) is 1. The quantitative estimate of drug-likeness (QED) is 0.764. The number of rotatable bonds is 2. The van der Waals surface area contributed by atoms with Gasteiger partial charge in [0.05, 0.1) is 12.7 Å². The number of benzene rings is 2. The molecule has 1 heteroatoms. The third-order valence-corrected chi connectivity index (χ3v) is 3.78. The maximum atomic E-state index is 6.02. The summed E-state index contributed by atoms with van der Waals surface area (Å²) in [6.07, 6.45) is 1.34. The van der Waals surface area contributed by atoms with Crippen molar-refractivity contribution in [2.45, 2.75) is 32.0 Å². The summed E-state index contributed by atoms with van der Waals surface area (Å²) in [5.41, 5.74) is 4.12. The second-order valence-corrected chi connectivity index (χ2v) is 4.84. The Bertz CT molecular complexity index is 518. The van der Waals surface area contributed by atoms with Gasteiger partial charge >= 0.3 is 0 Å². The zero-order chi connectivity index (χ0) is 12.4. The van der Waals surface area contributed by atoms with Crippen LogP contribution in [0.15, 0.2) is 54.6 Å². The first-order valence-corrected chi connectivity index (χ1v) is 6.64. The van der Waals surface area contributed by atoms with Crippen molar-refractivity contribution >= 4 is 0 Å². The Labute approximate surface area is 108 Å². The fourth-order valence-electron chi connectivity index (χ4n) is 2.87. The Morgan fingerprint density at radius 2 is 1.72 bits per heavy atom. The van der Waals surface area contributed by atoms with E-state index >= 15 is 0 Å². The Hall–Kier alpha value is -1.60. The smallest absolute Gasteiger partial charge is 0.0724 e. The van der Waals surface area contributed by atoms with Crippen LogP contribution in [0.5, 0.6) is 0 Å². The molecule has 3 rings (SSSR count). The SMILES string of the molecule is CC[C@@H]1OCc2ccccc2[C@@H]1c1ccccc1. The molecule has 18 heavy (non-hydrogen) atoms. The Morgan fingerprint density at radius 3 is 2.50 bits per heavy atom. The number of fused-ring (bicyclic) bond motifs is 1. The van der Waals surface area contributed by atoms with E-state index in [1.165, 1.54) is 16.7 Å². The van der Waals surface area contributed by atoms with Crippen molar-refractivity contribution in [1.29, 1.82) is 0 Å². The van der Waals surface area contributed by atoms with Gasteiger partial charge in [0.1, 0.15) is 0 Å². The molecule has 1 aliphatic heterocycles. The predicted molar refractivity (Wildman–Crippen MR) is 73.6 cm³/mol. The van der Waals surface area contributed by atoms with Crippen LogP contribution in [0, 0.1) is 0 Å². The molecule has 2 aromatic rings. The first-order chi connectivity index (χ1) is 8.90. The molecule has 1 aliphatic rings. The van der Waals surface area contributed by atoms with Gasteiger partial charge in [0.15, 0.2) is 0 Å². The largest absolute Gasteiger partial charge is 0.373 e. The van der Waals surface area contributed by atoms with E-state index in [-0.39, 0.29) is 0 Å². The van der Waals surface area contributed by atoms with Crippen LogP contribution in [-0.2, 0) is 11.3 Å². The van der Waals surface area contributed by atoms with E-state index in [0.29, 0.717) is 12.0 Å². The van der Waals surface area contributed by atoms with Crippen molar-refractivity contribution in [2.24, 2.45) is 0 Å². The van der Waals surface area contributed by atoms with E-state index in [1.54, 1.807) is 0 Å². The molecule has 0 unspecified atom stereocenters. The second-order valence-electron chi connectivity index (χ2n) is 4.84. The molecule has 0 aliphatic carbocycles. The molecule has 2 atom stereocenters. The monoisotopic (exact) mass is 238 g/mol. The van der Waals surface area contributed by atoms with Gasteiger partial charge in [0.25, 0.3) is 0 Å². The topological polar surface area (TPSA) is 9.23 Å². The third kappa shape index (κ3) is 1.95. The van der Waals surface area contributed by atoms with E-state index in [4.69, 9.17) is 4.74 Å². The Balaban J connectivity index is 2.09. The molecule has 0 fully saturated rings. The first-order valence-electron chi connectivity index (χ1n) is 6.64. The summed E-state index contributed by atoms with van der Waals surface area (Å²) in [5, 5.41) is 0. The molecule has 0 N–H and O–H groups in total. The highest BCUT2D eigenvalue weighted by molar-refractivity contribution is 5.40. The van der Waals surface area contributed by atoms with Crippen LogP contribution >= 0.6 is 0 Å². The van der Waals surface area contributed by atoms with Crippen LogP contribution < -0.4 is 0 Å². The van der Waals surface area contributed by atoms with Gasteiger partial charge in [-0.3, -0.25) is 0 Å². The molecule has 92 valence electrons. The average Bonchev–Trinajstić information content (AvgIpc) is 2.47. The van der Waals surface area contributed by atoms with Crippen molar-refractivity contribution in [3.63, 3.8) is 0 Å². The first kappa shape index (κ1) is 11.5. The molecule has 1 nitrogen and oxygen atoms in total. The third-order valence-electron chi connectivity index (χ3n) is 3.78. The average molecular weight is 238 g/mol. The molecule has 0 amide bonds. The van der Waals surface area contributed by atoms with Gasteiger partial charge in [-0.15, -0.1) is 0 Å². The van der Waals surface area contributed by atoms with Crippen molar-refractivity contribution in [1.82, 2.24) is 0 Å². The van der Waals surface area contributed by atoms with Crippen LogP contribution in [0.3, 0.4) is 0 Å². The fourth-order valence-corrected chi connectivity index (χ4v) is 2.87. The standard InChI is InChI=1S/C17H18O/c1-2-16-17(13-8-4-3-5-9-13)15-11-7-6-10-14(15)12-18-16/h3-11,16-17H,2,12H2,1H3/t16-,17-/m0/s1. The Kier molecular flexibility index (Phi) is 3.16. The molecular weight excluding hydrogens is 220 g/mol. The lowest BCUT2D eigenvalue weighted by molar-refractivity contribution is 0.0142. The summed E-state index contributed by atoms with van der Waals surface area (Å²) in [5.74, 6) is 0.376. The summed E-state index contributed by atoms with van der Waals surface area (Å²) in [7, 11) is 0. The van der Waals surface area contributed by atoms with Crippen molar-refractivity contribution in [3.05, 3.63) is 71.3 Å². The molecular formula is C17H18O. The molecule has 0 bridgehead atoms. The minimum atomic E-state index is 0.294. The molecule has 0 saturated heterocycles. The summed E-state index contributed by atoms with van der Waals surface area (Å²) < 4.78 is 6.02. The lowest BCUT2D eigenvalue weighted by atomic mass is 9.81. The van der Waals surface area contributed by atoms with Gasteiger partial charge in [-0.25, -0.2) is 0 Å². The van der Waals surface area contributed by atoms with Gasteiger partial charge < -0.3 is 4.74 Å². The summed E-state index contributed by atoms with van der Waals surface area (Å²) in [6.45, 7) is 2.95. The number of hydrogen-bond acceptors (Lipinski definition) is 1. The summed E-state index contributed by atoms with van der Waals surface area (Å²) in [6, 6.07) is 19.4. The number of hydrogen-bond donors (Lipinski definition) is 0. The molecule has 2 aromatic carbocycles. The van der Waals surface area contributed by atoms with Crippen molar-refractivity contribution in [3.8, 4) is 0 Å².